The fourth-order valence-electron chi connectivity index (χ4n) is 1.90. The van der Waals surface area contributed by atoms with E-state index in [1.165, 1.54) is 0 Å². The predicted molar refractivity (Wildman–Crippen MR) is 86.8 cm³/mol. The van der Waals surface area contributed by atoms with Crippen molar-refractivity contribution in [3.8, 4) is 0 Å². The largest absolute Gasteiger partial charge is 0.398 e. The van der Waals surface area contributed by atoms with Crippen LogP contribution in [0.25, 0.3) is 0 Å². The smallest absolute Gasteiger partial charge is 0.0493 e. The van der Waals surface area contributed by atoms with Gasteiger partial charge in [-0.05, 0) is 65.2 Å². The van der Waals surface area contributed by atoms with Gasteiger partial charge in [-0.3, -0.25) is 0 Å². The molecule has 0 spiro atoms. The van der Waals surface area contributed by atoms with Crippen molar-refractivity contribution in [2.45, 2.75) is 19.9 Å². The van der Waals surface area contributed by atoms with Crippen molar-refractivity contribution >= 4 is 38.9 Å². The van der Waals surface area contributed by atoms with Crippen LogP contribution in [0.2, 0.25) is 5.02 Å². The molecule has 0 aromatic heterocycles. The number of anilines is 2. The first-order valence-electron chi connectivity index (χ1n) is 6.05. The Morgan fingerprint density at radius 3 is 2.68 bits per heavy atom. The SMILES string of the molecule is Cc1cc(NC(C)c2cccc(Cl)c2)c(Br)cc1N. The second-order valence-electron chi connectivity index (χ2n) is 4.61. The third kappa shape index (κ3) is 3.43. The Morgan fingerprint density at radius 1 is 1.26 bits per heavy atom. The first kappa shape index (κ1) is 14.2. The van der Waals surface area contributed by atoms with Gasteiger partial charge in [0, 0.05) is 26.9 Å². The maximum atomic E-state index is 6.02. The van der Waals surface area contributed by atoms with E-state index in [1.54, 1.807) is 0 Å². The Balaban J connectivity index is 2.24. The molecule has 3 N–H and O–H groups in total. The molecule has 0 amide bonds. The zero-order valence-corrected chi connectivity index (χ0v) is 13.2. The van der Waals surface area contributed by atoms with Gasteiger partial charge in [0.2, 0.25) is 0 Å². The van der Waals surface area contributed by atoms with E-state index >= 15 is 0 Å². The summed E-state index contributed by atoms with van der Waals surface area (Å²) in [5.74, 6) is 0. The summed E-state index contributed by atoms with van der Waals surface area (Å²) in [6, 6.07) is 12.0. The van der Waals surface area contributed by atoms with Crippen molar-refractivity contribution in [2.24, 2.45) is 0 Å². The molecular weight excluding hydrogens is 324 g/mol. The minimum atomic E-state index is 0.165. The predicted octanol–water partition coefficient (Wildman–Crippen LogP) is 5.17. The van der Waals surface area contributed by atoms with Crippen LogP contribution in [0, 0.1) is 6.92 Å². The van der Waals surface area contributed by atoms with Gasteiger partial charge in [-0.2, -0.15) is 0 Å². The number of rotatable bonds is 3. The van der Waals surface area contributed by atoms with E-state index in [9.17, 15) is 0 Å². The molecule has 1 unspecified atom stereocenters. The van der Waals surface area contributed by atoms with Crippen molar-refractivity contribution in [2.75, 3.05) is 11.1 Å². The molecule has 0 aliphatic carbocycles. The van der Waals surface area contributed by atoms with Gasteiger partial charge in [0.05, 0.1) is 0 Å². The van der Waals surface area contributed by atoms with Crippen LogP contribution < -0.4 is 11.1 Å². The van der Waals surface area contributed by atoms with Gasteiger partial charge in [0.1, 0.15) is 0 Å². The molecule has 4 heteroatoms. The van der Waals surface area contributed by atoms with Gasteiger partial charge < -0.3 is 11.1 Å². The molecule has 2 aromatic rings. The van der Waals surface area contributed by atoms with Gasteiger partial charge in [0.15, 0.2) is 0 Å². The molecule has 0 saturated heterocycles. The minimum Gasteiger partial charge on any atom is -0.398 e. The number of benzene rings is 2. The second-order valence-corrected chi connectivity index (χ2v) is 5.90. The van der Waals surface area contributed by atoms with Crippen LogP contribution in [0.3, 0.4) is 0 Å². The Kier molecular flexibility index (Phi) is 4.38. The fourth-order valence-corrected chi connectivity index (χ4v) is 2.57. The average Bonchev–Trinajstić information content (AvgIpc) is 2.36. The van der Waals surface area contributed by atoms with E-state index in [0.717, 1.165) is 32.0 Å². The molecule has 1 atom stereocenters. The summed E-state index contributed by atoms with van der Waals surface area (Å²) < 4.78 is 0.962. The molecule has 0 heterocycles. The van der Waals surface area contributed by atoms with Crippen molar-refractivity contribution in [1.29, 1.82) is 0 Å². The summed E-state index contributed by atoms with van der Waals surface area (Å²) in [4.78, 5) is 0. The Labute approximate surface area is 127 Å². The zero-order valence-electron chi connectivity index (χ0n) is 10.9. The van der Waals surface area contributed by atoms with E-state index in [2.05, 4.69) is 34.2 Å². The van der Waals surface area contributed by atoms with Crippen LogP contribution in [0.5, 0.6) is 0 Å². The molecule has 2 aromatic carbocycles. The number of nitrogen functional groups attached to an aromatic ring is 1. The molecule has 2 nitrogen and oxygen atoms in total. The summed E-state index contributed by atoms with van der Waals surface area (Å²) in [7, 11) is 0. The van der Waals surface area contributed by atoms with Crippen LogP contribution >= 0.6 is 27.5 Å². The van der Waals surface area contributed by atoms with Crippen LogP contribution in [0.15, 0.2) is 40.9 Å². The number of nitrogens with two attached hydrogens (primary N) is 1. The highest BCUT2D eigenvalue weighted by Gasteiger charge is 2.09. The van der Waals surface area contributed by atoms with E-state index in [4.69, 9.17) is 17.3 Å². The van der Waals surface area contributed by atoms with Crippen molar-refractivity contribution in [3.05, 3.63) is 57.0 Å². The summed E-state index contributed by atoms with van der Waals surface area (Å²) >= 11 is 9.54. The number of nitrogens with one attached hydrogen (secondary N) is 1. The van der Waals surface area contributed by atoms with Crippen LogP contribution in [-0.2, 0) is 0 Å². The molecule has 19 heavy (non-hydrogen) atoms. The first-order valence-corrected chi connectivity index (χ1v) is 7.22. The topological polar surface area (TPSA) is 38.0 Å². The highest BCUT2D eigenvalue weighted by molar-refractivity contribution is 9.10. The minimum absolute atomic E-state index is 0.165. The second kappa shape index (κ2) is 5.85. The summed E-state index contributed by atoms with van der Waals surface area (Å²) in [5, 5.41) is 4.21. The van der Waals surface area contributed by atoms with Crippen molar-refractivity contribution < 1.29 is 0 Å². The molecule has 0 bridgehead atoms. The van der Waals surface area contributed by atoms with Gasteiger partial charge in [0.25, 0.3) is 0 Å². The lowest BCUT2D eigenvalue weighted by Gasteiger charge is -2.18. The van der Waals surface area contributed by atoms with Crippen LogP contribution in [0.4, 0.5) is 11.4 Å². The highest BCUT2D eigenvalue weighted by Crippen LogP contribution is 2.31. The molecule has 0 aliphatic heterocycles. The van der Waals surface area contributed by atoms with Gasteiger partial charge in [-0.15, -0.1) is 0 Å². The molecule has 0 fully saturated rings. The third-order valence-electron chi connectivity index (χ3n) is 3.08. The van der Waals surface area contributed by atoms with Gasteiger partial charge >= 0.3 is 0 Å². The molecule has 0 radical (unpaired) electrons. The van der Waals surface area contributed by atoms with E-state index in [0.29, 0.717) is 0 Å². The lowest BCUT2D eigenvalue weighted by Crippen LogP contribution is -2.07. The molecule has 0 aliphatic rings. The maximum absolute atomic E-state index is 6.02. The number of hydrogen-bond acceptors (Lipinski definition) is 2. The Hall–Kier alpha value is -1.19. The summed E-state index contributed by atoms with van der Waals surface area (Å²) in [5.41, 5.74) is 9.89. The normalized spacial score (nSPS) is 12.2. The zero-order chi connectivity index (χ0) is 14.0. The highest BCUT2D eigenvalue weighted by atomic mass is 79.9. The fraction of sp³-hybridized carbons (Fsp3) is 0.200. The standard InChI is InChI=1S/C15H16BrClN2/c1-9-6-15(13(16)8-14(9)18)19-10(2)11-4-3-5-12(17)7-11/h3-8,10,19H,18H2,1-2H3. The van der Waals surface area contributed by atoms with Gasteiger partial charge in [-0.25, -0.2) is 0 Å². The third-order valence-corrected chi connectivity index (χ3v) is 3.97. The average molecular weight is 340 g/mol. The van der Waals surface area contributed by atoms with Gasteiger partial charge in [-0.1, -0.05) is 23.7 Å². The summed E-state index contributed by atoms with van der Waals surface area (Å²) in [6.07, 6.45) is 0. The lowest BCUT2D eigenvalue weighted by atomic mass is 10.1. The molecule has 100 valence electrons. The van der Waals surface area contributed by atoms with Crippen molar-refractivity contribution in [3.63, 3.8) is 0 Å². The Morgan fingerprint density at radius 2 is 2.00 bits per heavy atom. The Bertz CT molecular complexity index is 599. The molecular formula is C15H16BrClN2. The van der Waals surface area contributed by atoms with E-state index in [-0.39, 0.29) is 6.04 Å². The van der Waals surface area contributed by atoms with Crippen LogP contribution in [-0.4, -0.2) is 0 Å². The summed E-state index contributed by atoms with van der Waals surface area (Å²) in [6.45, 7) is 4.10. The van der Waals surface area contributed by atoms with E-state index < -0.39 is 0 Å². The lowest BCUT2D eigenvalue weighted by molar-refractivity contribution is 0.883. The van der Waals surface area contributed by atoms with Crippen LogP contribution in [0.1, 0.15) is 24.1 Å². The van der Waals surface area contributed by atoms with Crippen molar-refractivity contribution in [1.82, 2.24) is 0 Å². The monoisotopic (exact) mass is 338 g/mol. The van der Waals surface area contributed by atoms with E-state index in [1.807, 2.05) is 37.3 Å². The number of halogens is 2. The first-order chi connectivity index (χ1) is 8.97. The molecule has 2 rings (SSSR count). The number of hydrogen-bond donors (Lipinski definition) is 2. The maximum Gasteiger partial charge on any atom is 0.0493 e. The number of aryl methyl sites for hydroxylation is 1. The quantitative estimate of drug-likeness (QED) is 0.757. The molecule has 0 saturated carbocycles.